The number of carbonyl (C=O) groups is 1. The lowest BCUT2D eigenvalue weighted by atomic mass is 9.91. The Kier molecular flexibility index (Phi) is 6.12. The van der Waals surface area contributed by atoms with E-state index in [-0.39, 0.29) is 18.0 Å². The molecule has 2 aliphatic rings. The van der Waals surface area contributed by atoms with Crippen LogP contribution in [0.5, 0.6) is 0 Å². The highest BCUT2D eigenvalue weighted by molar-refractivity contribution is 5.95. The highest BCUT2D eigenvalue weighted by Gasteiger charge is 2.23. The number of rotatable bonds is 5. The van der Waals surface area contributed by atoms with Gasteiger partial charge in [0.2, 0.25) is 0 Å². The van der Waals surface area contributed by atoms with Crippen molar-refractivity contribution in [3.05, 3.63) is 54.2 Å². The second-order valence-electron chi connectivity index (χ2n) is 9.38. The number of benzene rings is 1. The first-order valence-corrected chi connectivity index (χ1v) is 12.1. The zero-order valence-electron chi connectivity index (χ0n) is 18.6. The predicted octanol–water partition coefficient (Wildman–Crippen LogP) is 4.75. The van der Waals surface area contributed by atoms with Gasteiger partial charge in [-0.1, -0.05) is 49.6 Å². The molecule has 0 bridgehead atoms. The fourth-order valence-corrected chi connectivity index (χ4v) is 5.09. The van der Waals surface area contributed by atoms with E-state index in [9.17, 15) is 4.79 Å². The second-order valence-corrected chi connectivity index (χ2v) is 9.38. The molecule has 6 nitrogen and oxygen atoms in total. The van der Waals surface area contributed by atoms with E-state index in [1.165, 1.54) is 32.1 Å². The molecule has 168 valence electrons. The van der Waals surface area contributed by atoms with Crippen molar-refractivity contribution in [2.45, 2.75) is 75.9 Å². The van der Waals surface area contributed by atoms with Gasteiger partial charge in [-0.25, -0.2) is 4.98 Å². The molecule has 4 N–H and O–H groups in total. The van der Waals surface area contributed by atoms with Crippen molar-refractivity contribution in [2.75, 3.05) is 5.32 Å². The molecule has 0 spiro atoms. The van der Waals surface area contributed by atoms with Gasteiger partial charge < -0.3 is 16.4 Å². The molecular weight excluding hydrogens is 398 g/mol. The lowest BCUT2D eigenvalue weighted by molar-refractivity contribution is 0.0926. The Morgan fingerprint density at radius 1 is 0.938 bits per heavy atom. The maximum absolute atomic E-state index is 12.9. The number of imidazole rings is 1. The van der Waals surface area contributed by atoms with Crippen molar-refractivity contribution in [2.24, 2.45) is 5.73 Å². The summed E-state index contributed by atoms with van der Waals surface area (Å²) in [5, 5.41) is 6.97. The van der Waals surface area contributed by atoms with Gasteiger partial charge in [0.05, 0.1) is 0 Å². The molecular formula is C26H33N5O. The highest BCUT2D eigenvalue weighted by Crippen LogP contribution is 2.31. The zero-order valence-corrected chi connectivity index (χ0v) is 18.6. The van der Waals surface area contributed by atoms with E-state index >= 15 is 0 Å². The Labute approximate surface area is 189 Å². The van der Waals surface area contributed by atoms with Crippen molar-refractivity contribution < 1.29 is 4.79 Å². The number of carbonyl (C=O) groups excluding carboxylic acids is 1. The number of anilines is 1. The Hall–Kier alpha value is -2.86. The first-order chi connectivity index (χ1) is 15.7. The van der Waals surface area contributed by atoms with Crippen LogP contribution in [0.4, 0.5) is 5.82 Å². The number of pyridine rings is 1. The minimum Gasteiger partial charge on any atom is -0.367 e. The van der Waals surface area contributed by atoms with Crippen LogP contribution >= 0.6 is 0 Å². The number of hydrogen-bond acceptors (Lipinski definition) is 4. The molecule has 2 aromatic heterocycles. The standard InChI is InChI=1S/C26H33N5O/c27-20-11-13-22(14-12-20)29-26(32)19-15-16-31-23(17-19)30-24(18-7-3-1-4-8-18)25(31)28-21-9-5-2-6-10-21/h1,3-4,7-8,15-17,20-22,28H,2,5-6,9-14,27H2,(H,29,32). The van der Waals surface area contributed by atoms with Gasteiger partial charge in [0.15, 0.2) is 0 Å². The lowest BCUT2D eigenvalue weighted by Gasteiger charge is -2.26. The second kappa shape index (κ2) is 9.33. The monoisotopic (exact) mass is 431 g/mol. The van der Waals surface area contributed by atoms with Crippen molar-refractivity contribution in [1.82, 2.24) is 14.7 Å². The molecule has 2 aliphatic carbocycles. The fraction of sp³-hybridized carbons (Fsp3) is 0.462. The minimum atomic E-state index is -0.0287. The Morgan fingerprint density at radius 2 is 1.69 bits per heavy atom. The molecule has 6 heteroatoms. The average molecular weight is 432 g/mol. The van der Waals surface area contributed by atoms with E-state index in [1.807, 2.05) is 36.5 Å². The van der Waals surface area contributed by atoms with Crippen LogP contribution in [0.2, 0.25) is 0 Å². The Morgan fingerprint density at radius 3 is 2.44 bits per heavy atom. The van der Waals surface area contributed by atoms with Crippen LogP contribution in [0.25, 0.3) is 16.9 Å². The smallest absolute Gasteiger partial charge is 0.251 e. The lowest BCUT2D eigenvalue weighted by Crippen LogP contribution is -2.40. The van der Waals surface area contributed by atoms with Gasteiger partial charge in [0, 0.05) is 35.4 Å². The quantitative estimate of drug-likeness (QED) is 0.544. The number of hydrogen-bond donors (Lipinski definition) is 3. The van der Waals surface area contributed by atoms with E-state index in [2.05, 4.69) is 27.2 Å². The van der Waals surface area contributed by atoms with Gasteiger partial charge in [-0.3, -0.25) is 9.20 Å². The molecule has 0 aliphatic heterocycles. The molecule has 2 heterocycles. The van der Waals surface area contributed by atoms with Crippen molar-refractivity contribution in [1.29, 1.82) is 0 Å². The molecule has 2 saturated carbocycles. The normalized spacial score (nSPS) is 22.0. The molecule has 0 radical (unpaired) electrons. The van der Waals surface area contributed by atoms with Gasteiger partial charge >= 0.3 is 0 Å². The van der Waals surface area contributed by atoms with Crippen LogP contribution < -0.4 is 16.4 Å². The number of aromatic nitrogens is 2. The van der Waals surface area contributed by atoms with Crippen LogP contribution in [0.15, 0.2) is 48.7 Å². The van der Waals surface area contributed by atoms with Crippen molar-refractivity contribution in [3.8, 4) is 11.3 Å². The third-order valence-corrected chi connectivity index (χ3v) is 6.99. The third-order valence-electron chi connectivity index (χ3n) is 6.99. The highest BCUT2D eigenvalue weighted by atomic mass is 16.1. The predicted molar refractivity (Wildman–Crippen MR) is 129 cm³/mol. The summed E-state index contributed by atoms with van der Waals surface area (Å²) in [6.45, 7) is 0. The average Bonchev–Trinajstić information content (AvgIpc) is 3.19. The maximum atomic E-state index is 12.9. The number of nitrogens with one attached hydrogen (secondary N) is 2. The minimum absolute atomic E-state index is 0.0287. The van der Waals surface area contributed by atoms with E-state index in [0.717, 1.165) is 48.4 Å². The topological polar surface area (TPSA) is 84.5 Å². The van der Waals surface area contributed by atoms with Crippen LogP contribution in [-0.4, -0.2) is 33.4 Å². The van der Waals surface area contributed by atoms with Gasteiger partial charge in [-0.15, -0.1) is 0 Å². The van der Waals surface area contributed by atoms with Gasteiger partial charge in [-0.2, -0.15) is 0 Å². The fourth-order valence-electron chi connectivity index (χ4n) is 5.09. The molecule has 1 aromatic carbocycles. The summed E-state index contributed by atoms with van der Waals surface area (Å²) >= 11 is 0. The van der Waals surface area contributed by atoms with E-state index in [1.54, 1.807) is 0 Å². The number of nitrogens with two attached hydrogens (primary N) is 1. The molecule has 32 heavy (non-hydrogen) atoms. The van der Waals surface area contributed by atoms with Gasteiger partial charge in [-0.05, 0) is 50.7 Å². The summed E-state index contributed by atoms with van der Waals surface area (Å²) in [5.41, 5.74) is 9.47. The van der Waals surface area contributed by atoms with Crippen LogP contribution in [0, 0.1) is 0 Å². The molecule has 0 saturated heterocycles. The zero-order chi connectivity index (χ0) is 21.9. The summed E-state index contributed by atoms with van der Waals surface area (Å²) in [6.07, 6.45) is 12.1. The Balaban J connectivity index is 1.44. The number of nitrogens with zero attached hydrogens (tertiary/aromatic N) is 2. The SMILES string of the molecule is NC1CCC(NC(=O)c2ccn3c(NC4CCCCC4)c(-c4ccccc4)nc3c2)CC1. The van der Waals surface area contributed by atoms with Gasteiger partial charge in [0.1, 0.15) is 17.2 Å². The molecule has 1 amide bonds. The molecule has 5 rings (SSSR count). The molecule has 0 atom stereocenters. The first-order valence-electron chi connectivity index (χ1n) is 12.1. The van der Waals surface area contributed by atoms with Crippen LogP contribution in [0.1, 0.15) is 68.1 Å². The van der Waals surface area contributed by atoms with Gasteiger partial charge in [0.25, 0.3) is 5.91 Å². The van der Waals surface area contributed by atoms with E-state index < -0.39 is 0 Å². The first kappa shape index (κ1) is 21.0. The van der Waals surface area contributed by atoms with Crippen LogP contribution in [-0.2, 0) is 0 Å². The molecule has 0 unspecified atom stereocenters. The van der Waals surface area contributed by atoms with Crippen LogP contribution in [0.3, 0.4) is 0 Å². The Bertz CT molecular complexity index is 1060. The summed E-state index contributed by atoms with van der Waals surface area (Å²) in [4.78, 5) is 17.9. The van der Waals surface area contributed by atoms with E-state index in [0.29, 0.717) is 11.6 Å². The summed E-state index contributed by atoms with van der Waals surface area (Å²) in [7, 11) is 0. The summed E-state index contributed by atoms with van der Waals surface area (Å²) in [6, 6.07) is 15.0. The summed E-state index contributed by atoms with van der Waals surface area (Å²) < 4.78 is 2.09. The third kappa shape index (κ3) is 4.51. The van der Waals surface area contributed by atoms with E-state index in [4.69, 9.17) is 10.7 Å². The molecule has 2 fully saturated rings. The largest absolute Gasteiger partial charge is 0.367 e. The summed E-state index contributed by atoms with van der Waals surface area (Å²) in [5.74, 6) is 0.991. The number of fused-ring (bicyclic) bond motifs is 1. The number of amides is 1. The van der Waals surface area contributed by atoms with Crippen molar-refractivity contribution in [3.63, 3.8) is 0 Å². The van der Waals surface area contributed by atoms with Crippen molar-refractivity contribution >= 4 is 17.4 Å². The molecule has 3 aromatic rings. The maximum Gasteiger partial charge on any atom is 0.251 e.